The maximum atomic E-state index is 13.2. The summed E-state index contributed by atoms with van der Waals surface area (Å²) in [6.07, 6.45) is -0.248. The molecule has 0 saturated carbocycles. The molecule has 3 aromatic carbocycles. The fourth-order valence-corrected chi connectivity index (χ4v) is 3.52. The molecule has 176 valence electrons. The number of primary amides is 1. The highest BCUT2D eigenvalue weighted by atomic mass is 16.5. The number of hydrogen-bond donors (Lipinski definition) is 3. The lowest BCUT2D eigenvalue weighted by Crippen LogP contribution is -2.54. The van der Waals surface area contributed by atoms with Gasteiger partial charge in [-0.05, 0) is 29.2 Å². The molecule has 3 amide bonds. The van der Waals surface area contributed by atoms with E-state index < -0.39 is 30.0 Å². The summed E-state index contributed by atoms with van der Waals surface area (Å²) in [7, 11) is 0. The Bertz CT molecular complexity index is 1100. The van der Waals surface area contributed by atoms with Crippen LogP contribution in [0.15, 0.2) is 84.9 Å². The summed E-state index contributed by atoms with van der Waals surface area (Å²) in [6, 6.07) is 24.2. The summed E-state index contributed by atoms with van der Waals surface area (Å²) < 4.78 is 5.29. The standard InChI is InChI=1S/C27H29N3O4/c1-19-10-8-9-15-22(19)17-23(25(28)31)29-26(32)24(16-20-11-4-2-5-12-20)30-27(33)34-18-21-13-6-3-7-14-21/h2-15,23-24H,16-18H2,1H3,(H2,28,31)(H,29,32)(H,30,33)/t23-,24+/m0/s1. The molecule has 2 atom stereocenters. The normalized spacial score (nSPS) is 12.3. The van der Waals surface area contributed by atoms with Crippen LogP contribution in [0.3, 0.4) is 0 Å². The smallest absolute Gasteiger partial charge is 0.408 e. The lowest BCUT2D eigenvalue weighted by molar-refractivity contribution is -0.128. The maximum Gasteiger partial charge on any atom is 0.408 e. The summed E-state index contributed by atoms with van der Waals surface area (Å²) in [6.45, 7) is 2.00. The van der Waals surface area contributed by atoms with Crippen molar-refractivity contribution < 1.29 is 19.1 Å². The van der Waals surface area contributed by atoms with Crippen molar-refractivity contribution in [2.45, 2.75) is 38.5 Å². The van der Waals surface area contributed by atoms with Gasteiger partial charge >= 0.3 is 6.09 Å². The number of nitrogens with one attached hydrogen (secondary N) is 2. The average Bonchev–Trinajstić information content (AvgIpc) is 2.84. The molecule has 0 heterocycles. The first-order valence-corrected chi connectivity index (χ1v) is 11.1. The monoisotopic (exact) mass is 459 g/mol. The topological polar surface area (TPSA) is 111 Å². The Kier molecular flexibility index (Phi) is 8.80. The molecule has 0 aliphatic rings. The second kappa shape index (κ2) is 12.2. The number of nitrogens with two attached hydrogens (primary N) is 1. The number of aryl methyl sites for hydroxylation is 1. The van der Waals surface area contributed by atoms with Gasteiger partial charge in [-0.1, -0.05) is 84.9 Å². The minimum atomic E-state index is -0.954. The number of rotatable bonds is 10. The van der Waals surface area contributed by atoms with E-state index in [1.165, 1.54) is 0 Å². The number of hydrogen-bond acceptors (Lipinski definition) is 4. The zero-order chi connectivity index (χ0) is 24.3. The Labute approximate surface area is 199 Å². The minimum Gasteiger partial charge on any atom is -0.445 e. The molecule has 0 aromatic heterocycles. The van der Waals surface area contributed by atoms with Crippen LogP contribution < -0.4 is 16.4 Å². The van der Waals surface area contributed by atoms with Crippen LogP contribution in [0.5, 0.6) is 0 Å². The molecule has 0 spiro atoms. The van der Waals surface area contributed by atoms with Gasteiger partial charge in [0.05, 0.1) is 0 Å². The minimum absolute atomic E-state index is 0.0730. The van der Waals surface area contributed by atoms with Crippen LogP contribution in [-0.2, 0) is 33.8 Å². The fourth-order valence-electron chi connectivity index (χ4n) is 3.52. The number of benzene rings is 3. The molecule has 7 heteroatoms. The molecule has 0 aliphatic carbocycles. The highest BCUT2D eigenvalue weighted by Crippen LogP contribution is 2.11. The van der Waals surface area contributed by atoms with E-state index >= 15 is 0 Å². The van der Waals surface area contributed by atoms with Crippen LogP contribution in [0.1, 0.15) is 22.3 Å². The van der Waals surface area contributed by atoms with E-state index in [-0.39, 0.29) is 19.4 Å². The van der Waals surface area contributed by atoms with Crippen molar-refractivity contribution in [3.8, 4) is 0 Å². The van der Waals surface area contributed by atoms with Gasteiger partial charge in [-0.3, -0.25) is 9.59 Å². The van der Waals surface area contributed by atoms with Crippen molar-refractivity contribution in [3.63, 3.8) is 0 Å². The fraction of sp³-hybridized carbons (Fsp3) is 0.222. The molecule has 4 N–H and O–H groups in total. The summed E-state index contributed by atoms with van der Waals surface area (Å²) in [5.74, 6) is -1.17. The van der Waals surface area contributed by atoms with Gasteiger partial charge in [-0.25, -0.2) is 4.79 Å². The van der Waals surface area contributed by atoms with E-state index in [1.54, 1.807) is 0 Å². The van der Waals surface area contributed by atoms with Crippen molar-refractivity contribution >= 4 is 17.9 Å². The van der Waals surface area contributed by atoms with E-state index in [0.717, 1.165) is 22.3 Å². The second-order valence-electron chi connectivity index (χ2n) is 8.04. The zero-order valence-electron chi connectivity index (χ0n) is 19.1. The summed E-state index contributed by atoms with van der Waals surface area (Å²) >= 11 is 0. The first-order valence-electron chi connectivity index (χ1n) is 11.1. The van der Waals surface area contributed by atoms with E-state index in [1.807, 2.05) is 91.9 Å². The predicted octanol–water partition coefficient (Wildman–Crippen LogP) is 3.05. The molecule has 34 heavy (non-hydrogen) atoms. The quantitative estimate of drug-likeness (QED) is 0.433. The summed E-state index contributed by atoms with van der Waals surface area (Å²) in [5.41, 5.74) is 9.15. The van der Waals surface area contributed by atoms with Crippen molar-refractivity contribution in [3.05, 3.63) is 107 Å². The molecule has 0 fully saturated rings. The molecule has 0 bridgehead atoms. The number of alkyl carbamates (subject to hydrolysis) is 1. The van der Waals surface area contributed by atoms with Gasteiger partial charge in [-0.15, -0.1) is 0 Å². The Balaban J connectivity index is 1.70. The highest BCUT2D eigenvalue weighted by molar-refractivity contribution is 5.91. The molecule has 7 nitrogen and oxygen atoms in total. The first kappa shape index (κ1) is 24.5. The van der Waals surface area contributed by atoms with E-state index in [4.69, 9.17) is 10.5 Å². The van der Waals surface area contributed by atoms with Gasteiger partial charge in [-0.2, -0.15) is 0 Å². The zero-order valence-corrected chi connectivity index (χ0v) is 19.1. The van der Waals surface area contributed by atoms with Gasteiger partial charge in [0.2, 0.25) is 11.8 Å². The van der Waals surface area contributed by atoms with Crippen molar-refractivity contribution in [1.29, 1.82) is 0 Å². The van der Waals surface area contributed by atoms with Gasteiger partial charge in [0.25, 0.3) is 0 Å². The number of carbonyl (C=O) groups excluding carboxylic acids is 3. The largest absolute Gasteiger partial charge is 0.445 e. The van der Waals surface area contributed by atoms with E-state index in [9.17, 15) is 14.4 Å². The van der Waals surface area contributed by atoms with Crippen LogP contribution in [0.25, 0.3) is 0 Å². The lowest BCUT2D eigenvalue weighted by Gasteiger charge is -2.22. The molecular formula is C27H29N3O4. The number of amides is 3. The van der Waals surface area contributed by atoms with Crippen LogP contribution >= 0.6 is 0 Å². The Hall–Kier alpha value is -4.13. The van der Waals surface area contributed by atoms with Crippen LogP contribution in [0.4, 0.5) is 4.79 Å². The molecular weight excluding hydrogens is 430 g/mol. The van der Waals surface area contributed by atoms with E-state index in [0.29, 0.717) is 0 Å². The lowest BCUT2D eigenvalue weighted by atomic mass is 10.00. The van der Waals surface area contributed by atoms with Crippen molar-refractivity contribution in [2.24, 2.45) is 5.73 Å². The molecule has 0 aliphatic heterocycles. The molecule has 3 rings (SSSR count). The van der Waals surface area contributed by atoms with Crippen LogP contribution in [0, 0.1) is 6.92 Å². The van der Waals surface area contributed by atoms with Gasteiger partial charge in [0, 0.05) is 12.8 Å². The summed E-state index contributed by atoms with van der Waals surface area (Å²) in [4.78, 5) is 37.7. The van der Waals surface area contributed by atoms with Gasteiger partial charge in [0.15, 0.2) is 0 Å². The maximum absolute atomic E-state index is 13.2. The molecule has 0 radical (unpaired) electrons. The second-order valence-corrected chi connectivity index (χ2v) is 8.04. The van der Waals surface area contributed by atoms with E-state index in [2.05, 4.69) is 10.6 Å². The number of carbonyl (C=O) groups is 3. The third kappa shape index (κ3) is 7.48. The summed E-state index contributed by atoms with van der Waals surface area (Å²) in [5, 5.41) is 5.34. The average molecular weight is 460 g/mol. The molecule has 0 unspecified atom stereocenters. The SMILES string of the molecule is Cc1ccccc1C[C@H](NC(=O)[C@@H](Cc1ccccc1)NC(=O)OCc1ccccc1)C(N)=O. The van der Waals surface area contributed by atoms with Crippen LogP contribution in [0.2, 0.25) is 0 Å². The Morgan fingerprint density at radius 1 is 0.765 bits per heavy atom. The number of ether oxygens (including phenoxy) is 1. The van der Waals surface area contributed by atoms with Crippen LogP contribution in [-0.4, -0.2) is 30.0 Å². The molecule has 3 aromatic rings. The van der Waals surface area contributed by atoms with Gasteiger partial charge < -0.3 is 21.1 Å². The highest BCUT2D eigenvalue weighted by Gasteiger charge is 2.27. The first-order chi connectivity index (χ1) is 16.4. The van der Waals surface area contributed by atoms with Crippen molar-refractivity contribution in [1.82, 2.24) is 10.6 Å². The third-order valence-corrected chi connectivity index (χ3v) is 5.45. The Morgan fingerprint density at radius 2 is 1.35 bits per heavy atom. The van der Waals surface area contributed by atoms with Gasteiger partial charge in [0.1, 0.15) is 18.7 Å². The Morgan fingerprint density at radius 3 is 1.97 bits per heavy atom. The third-order valence-electron chi connectivity index (χ3n) is 5.45. The molecule has 0 saturated heterocycles. The predicted molar refractivity (Wildman–Crippen MR) is 130 cm³/mol. The van der Waals surface area contributed by atoms with Crippen molar-refractivity contribution in [2.75, 3.05) is 0 Å².